The van der Waals surface area contributed by atoms with Crippen LogP contribution in [0, 0.1) is 6.92 Å². The lowest BCUT2D eigenvalue weighted by molar-refractivity contribution is -0.140. The Balaban J connectivity index is 1.69. The Morgan fingerprint density at radius 1 is 1.09 bits per heavy atom. The number of allylic oxidation sites excluding steroid dienone is 3. The molecule has 34 heavy (non-hydrogen) atoms. The number of furan rings is 1. The van der Waals surface area contributed by atoms with Crippen LogP contribution in [0.25, 0.3) is 0 Å². The molecule has 7 heteroatoms. The van der Waals surface area contributed by atoms with Crippen LogP contribution in [0.15, 0.2) is 63.4 Å². The van der Waals surface area contributed by atoms with Gasteiger partial charge < -0.3 is 24.1 Å². The summed E-state index contributed by atoms with van der Waals surface area (Å²) in [5.74, 6) is 0.321. The van der Waals surface area contributed by atoms with Crippen LogP contribution in [0.5, 0.6) is 0 Å². The minimum absolute atomic E-state index is 0.0178. The molecule has 1 N–H and O–H groups in total. The summed E-state index contributed by atoms with van der Waals surface area (Å²) in [6, 6.07) is 12.0. The Hall–Kier alpha value is -3.32. The van der Waals surface area contributed by atoms with E-state index in [1.54, 1.807) is 7.11 Å². The summed E-state index contributed by atoms with van der Waals surface area (Å²) in [6.07, 6.45) is 1.06. The molecule has 4 rings (SSSR count). The molecule has 2 aliphatic rings. The molecule has 0 unspecified atom stereocenters. The van der Waals surface area contributed by atoms with Crippen molar-refractivity contribution in [1.82, 2.24) is 5.32 Å². The summed E-state index contributed by atoms with van der Waals surface area (Å²) >= 11 is 0. The van der Waals surface area contributed by atoms with Crippen molar-refractivity contribution in [3.8, 4) is 0 Å². The molecule has 0 amide bonds. The number of anilines is 1. The van der Waals surface area contributed by atoms with Gasteiger partial charge in [-0.15, -0.1) is 0 Å². The van der Waals surface area contributed by atoms with Crippen molar-refractivity contribution in [2.24, 2.45) is 0 Å². The minimum atomic E-state index is -0.593. The van der Waals surface area contributed by atoms with Crippen LogP contribution in [0.1, 0.15) is 48.7 Å². The van der Waals surface area contributed by atoms with Crippen LogP contribution in [-0.4, -0.2) is 46.2 Å². The van der Waals surface area contributed by atoms with Gasteiger partial charge in [-0.05, 0) is 56.0 Å². The fourth-order valence-corrected chi connectivity index (χ4v) is 4.78. The smallest absolute Gasteiger partial charge is 0.336 e. The SMILES string of the molecule is COCCOC(=O)C1=C(C)NC2=C(C(=O)C[C@@H](c3ccc(N(C)C)cc3)C2)[C@@H]1c1ccc(C)o1. The average Bonchev–Trinajstić information content (AvgIpc) is 3.24. The van der Waals surface area contributed by atoms with E-state index in [0.717, 1.165) is 22.7 Å². The first-order valence-corrected chi connectivity index (χ1v) is 11.5. The lowest BCUT2D eigenvalue weighted by Crippen LogP contribution is -2.36. The second-order valence-electron chi connectivity index (χ2n) is 9.08. The second-order valence-corrected chi connectivity index (χ2v) is 9.08. The number of carbonyl (C=O) groups is 2. The van der Waals surface area contributed by atoms with E-state index in [1.165, 1.54) is 0 Å². The van der Waals surface area contributed by atoms with Gasteiger partial charge in [-0.25, -0.2) is 4.79 Å². The highest BCUT2D eigenvalue weighted by atomic mass is 16.6. The Morgan fingerprint density at radius 3 is 2.44 bits per heavy atom. The molecule has 2 aromatic rings. The van der Waals surface area contributed by atoms with E-state index < -0.39 is 11.9 Å². The van der Waals surface area contributed by atoms with Crippen molar-refractivity contribution in [3.63, 3.8) is 0 Å². The van der Waals surface area contributed by atoms with E-state index in [4.69, 9.17) is 13.9 Å². The maximum atomic E-state index is 13.6. The quantitative estimate of drug-likeness (QED) is 0.486. The topological polar surface area (TPSA) is 81.0 Å². The number of ether oxygens (including phenoxy) is 2. The number of hydrogen-bond acceptors (Lipinski definition) is 7. The van der Waals surface area contributed by atoms with Gasteiger partial charge in [-0.3, -0.25) is 4.79 Å². The molecule has 0 saturated heterocycles. The van der Waals surface area contributed by atoms with Gasteiger partial charge >= 0.3 is 5.97 Å². The summed E-state index contributed by atoms with van der Waals surface area (Å²) in [5, 5.41) is 3.36. The fraction of sp³-hybridized carbons (Fsp3) is 0.407. The third-order valence-corrected chi connectivity index (χ3v) is 6.49. The monoisotopic (exact) mass is 464 g/mol. The summed E-state index contributed by atoms with van der Waals surface area (Å²) < 4.78 is 16.4. The van der Waals surface area contributed by atoms with Crippen LogP contribution in [0.2, 0.25) is 0 Å². The lowest BCUT2D eigenvalue weighted by atomic mass is 9.73. The number of nitrogens with one attached hydrogen (secondary N) is 1. The van der Waals surface area contributed by atoms with Gasteiger partial charge in [-0.1, -0.05) is 12.1 Å². The van der Waals surface area contributed by atoms with Gasteiger partial charge in [0.15, 0.2) is 5.78 Å². The number of methoxy groups -OCH3 is 1. The molecule has 1 aromatic heterocycles. The molecular weight excluding hydrogens is 432 g/mol. The molecule has 2 heterocycles. The standard InChI is InChI=1S/C27H32N2O5/c1-16-6-11-23(34-16)26-24(27(31)33-13-12-32-5)17(2)28-21-14-19(15-22(30)25(21)26)18-7-9-20(10-8-18)29(3)4/h6-11,19,26,28H,12-15H2,1-5H3/t19-,26+/m0/s1. The van der Waals surface area contributed by atoms with Gasteiger partial charge in [0.25, 0.3) is 0 Å². The summed E-state index contributed by atoms with van der Waals surface area (Å²) in [7, 11) is 5.56. The predicted molar refractivity (Wildman–Crippen MR) is 130 cm³/mol. The number of Topliss-reactive ketones (excluding diaryl/α,β-unsaturated/α-hetero) is 1. The molecule has 2 atom stereocenters. The molecular formula is C27H32N2O5. The maximum Gasteiger partial charge on any atom is 0.336 e. The number of dihydropyridines is 1. The number of hydrogen-bond donors (Lipinski definition) is 1. The van der Waals surface area contributed by atoms with Crippen molar-refractivity contribution in [1.29, 1.82) is 0 Å². The number of nitrogens with zero attached hydrogens (tertiary/aromatic N) is 1. The van der Waals surface area contributed by atoms with Gasteiger partial charge in [0.1, 0.15) is 18.1 Å². The van der Waals surface area contributed by atoms with E-state index in [2.05, 4.69) is 34.5 Å². The minimum Gasteiger partial charge on any atom is -0.465 e. The molecule has 1 aliphatic heterocycles. The van der Waals surface area contributed by atoms with Crippen LogP contribution in [-0.2, 0) is 19.1 Å². The zero-order valence-electron chi connectivity index (χ0n) is 20.4. The Bertz CT molecular complexity index is 1140. The summed E-state index contributed by atoms with van der Waals surface area (Å²) in [6.45, 7) is 4.14. The highest BCUT2D eigenvalue weighted by Gasteiger charge is 2.42. The fourth-order valence-electron chi connectivity index (χ4n) is 4.78. The number of rotatable bonds is 7. The van der Waals surface area contributed by atoms with Crippen molar-refractivity contribution >= 4 is 17.4 Å². The number of benzene rings is 1. The zero-order valence-corrected chi connectivity index (χ0v) is 20.4. The lowest BCUT2D eigenvalue weighted by Gasteiger charge is -2.35. The molecule has 180 valence electrons. The van der Waals surface area contributed by atoms with Crippen molar-refractivity contribution in [2.45, 2.75) is 38.5 Å². The third-order valence-electron chi connectivity index (χ3n) is 6.49. The largest absolute Gasteiger partial charge is 0.465 e. The van der Waals surface area contributed by atoms with Gasteiger partial charge in [0, 0.05) is 50.3 Å². The van der Waals surface area contributed by atoms with E-state index in [-0.39, 0.29) is 18.3 Å². The normalized spacial score (nSPS) is 20.2. The van der Waals surface area contributed by atoms with Crippen LogP contribution in [0.3, 0.4) is 0 Å². The zero-order chi connectivity index (χ0) is 24.4. The average molecular weight is 465 g/mol. The molecule has 0 spiro atoms. The van der Waals surface area contributed by atoms with Crippen molar-refractivity contribution in [3.05, 3.63) is 76.0 Å². The number of ketones is 1. The third kappa shape index (κ3) is 4.66. The summed E-state index contributed by atoms with van der Waals surface area (Å²) in [5.41, 5.74) is 4.78. The highest BCUT2D eigenvalue weighted by molar-refractivity contribution is 6.04. The van der Waals surface area contributed by atoms with Crippen molar-refractivity contribution in [2.75, 3.05) is 39.3 Å². The molecule has 1 aliphatic carbocycles. The van der Waals surface area contributed by atoms with Crippen LogP contribution < -0.4 is 10.2 Å². The van der Waals surface area contributed by atoms with Crippen molar-refractivity contribution < 1.29 is 23.5 Å². The van der Waals surface area contributed by atoms with E-state index in [1.807, 2.05) is 40.1 Å². The van der Waals surface area contributed by atoms with E-state index >= 15 is 0 Å². The molecule has 0 radical (unpaired) electrons. The number of carbonyl (C=O) groups excluding carboxylic acids is 2. The number of esters is 1. The first kappa shape index (κ1) is 23.8. The van der Waals surface area contributed by atoms with E-state index in [0.29, 0.717) is 42.1 Å². The highest BCUT2D eigenvalue weighted by Crippen LogP contribution is 2.46. The molecule has 7 nitrogen and oxygen atoms in total. The number of aryl methyl sites for hydroxylation is 1. The Labute approximate surface area is 200 Å². The van der Waals surface area contributed by atoms with Gasteiger partial charge in [0.2, 0.25) is 0 Å². The van der Waals surface area contributed by atoms with E-state index in [9.17, 15) is 9.59 Å². The first-order chi connectivity index (χ1) is 16.3. The Morgan fingerprint density at radius 2 is 1.82 bits per heavy atom. The first-order valence-electron chi connectivity index (χ1n) is 11.5. The molecule has 1 aromatic carbocycles. The maximum absolute atomic E-state index is 13.6. The Kier molecular flexibility index (Phi) is 6.93. The van der Waals surface area contributed by atoms with Crippen LogP contribution >= 0.6 is 0 Å². The molecule has 0 bridgehead atoms. The second kappa shape index (κ2) is 9.89. The van der Waals surface area contributed by atoms with Crippen LogP contribution in [0.4, 0.5) is 5.69 Å². The molecule has 0 saturated carbocycles. The summed E-state index contributed by atoms with van der Waals surface area (Å²) in [4.78, 5) is 28.7. The molecule has 0 fully saturated rings. The predicted octanol–water partition coefficient (Wildman–Crippen LogP) is 4.21. The van der Waals surface area contributed by atoms with Gasteiger partial charge in [-0.2, -0.15) is 0 Å². The van der Waals surface area contributed by atoms with Gasteiger partial charge in [0.05, 0.1) is 18.1 Å².